The van der Waals surface area contributed by atoms with Crippen LogP contribution in [-0.2, 0) is 10.2 Å². The molecule has 4 heteroatoms. The van der Waals surface area contributed by atoms with Gasteiger partial charge in [-0.2, -0.15) is 0 Å². The molecule has 0 aliphatic carbocycles. The van der Waals surface area contributed by atoms with Crippen molar-refractivity contribution in [1.82, 2.24) is 10.3 Å². The molecule has 0 radical (unpaired) electrons. The maximum Gasteiger partial charge on any atom is 0.0985 e. The van der Waals surface area contributed by atoms with E-state index in [-0.39, 0.29) is 5.41 Å². The summed E-state index contributed by atoms with van der Waals surface area (Å²) in [5.41, 5.74) is 1.31. The molecule has 1 atom stereocenters. The minimum Gasteiger partial charge on any atom is -0.379 e. The van der Waals surface area contributed by atoms with E-state index in [9.17, 15) is 0 Å². The number of ether oxygens (including phenoxy) is 1. The third-order valence-electron chi connectivity index (χ3n) is 3.34. The fraction of sp³-hybridized carbons (Fsp3) is 0.824. The second-order valence-electron chi connectivity index (χ2n) is 7.02. The number of unbranched alkanes of at least 4 members (excludes halogenated alkanes) is 1. The van der Waals surface area contributed by atoms with Crippen molar-refractivity contribution in [3.63, 3.8) is 0 Å². The number of hydrogen-bond acceptors (Lipinski definition) is 4. The smallest absolute Gasteiger partial charge is 0.0985 e. The molecule has 3 nitrogen and oxygen atoms in total. The third-order valence-corrected chi connectivity index (χ3v) is 5.11. The zero-order valence-corrected chi connectivity index (χ0v) is 15.6. The predicted molar refractivity (Wildman–Crippen MR) is 92.3 cm³/mol. The molecule has 1 N–H and O–H groups in total. The molecule has 0 amide bonds. The summed E-state index contributed by atoms with van der Waals surface area (Å²) < 4.78 is 5.56. The van der Waals surface area contributed by atoms with Gasteiger partial charge in [0.1, 0.15) is 0 Å². The number of hydrogen-bond donors (Lipinski definition) is 1. The second kappa shape index (κ2) is 8.25. The zero-order chi connectivity index (χ0) is 16.0. The van der Waals surface area contributed by atoms with Crippen molar-refractivity contribution in [2.24, 2.45) is 0 Å². The Morgan fingerprint density at radius 1 is 1.19 bits per heavy atom. The highest BCUT2D eigenvalue weighted by Gasteiger charge is 2.22. The van der Waals surface area contributed by atoms with Crippen molar-refractivity contribution in [2.45, 2.75) is 78.9 Å². The van der Waals surface area contributed by atoms with Crippen LogP contribution in [0.25, 0.3) is 0 Å². The Balaban J connectivity index is 2.39. The van der Waals surface area contributed by atoms with E-state index >= 15 is 0 Å². The van der Waals surface area contributed by atoms with Crippen LogP contribution in [0, 0.1) is 6.92 Å². The highest BCUT2D eigenvalue weighted by molar-refractivity contribution is 7.12. The van der Waals surface area contributed by atoms with Gasteiger partial charge in [-0.3, -0.25) is 0 Å². The molecule has 1 unspecified atom stereocenters. The Hall–Kier alpha value is -0.450. The third kappa shape index (κ3) is 6.45. The van der Waals surface area contributed by atoms with Gasteiger partial charge in [0.25, 0.3) is 0 Å². The normalized spacial score (nSPS) is 13.9. The van der Waals surface area contributed by atoms with E-state index in [0.717, 1.165) is 26.0 Å². The molecule has 0 spiro atoms. The molecule has 0 fully saturated rings. The molecule has 21 heavy (non-hydrogen) atoms. The van der Waals surface area contributed by atoms with E-state index in [2.05, 4.69) is 53.8 Å². The summed E-state index contributed by atoms with van der Waals surface area (Å²) >= 11 is 1.85. The van der Waals surface area contributed by atoms with Crippen LogP contribution in [0.1, 0.15) is 76.0 Å². The highest BCUT2D eigenvalue weighted by Crippen LogP contribution is 2.32. The summed E-state index contributed by atoms with van der Waals surface area (Å²) in [5, 5.41) is 4.84. The lowest BCUT2D eigenvalue weighted by Gasteiger charge is -2.15. The second-order valence-corrected chi connectivity index (χ2v) is 8.05. The number of aromatic nitrogens is 1. The van der Waals surface area contributed by atoms with Crippen LogP contribution in [-0.4, -0.2) is 24.2 Å². The van der Waals surface area contributed by atoms with Gasteiger partial charge in [-0.05, 0) is 47.1 Å². The first-order valence-corrected chi connectivity index (χ1v) is 8.86. The summed E-state index contributed by atoms with van der Waals surface area (Å²) in [7, 11) is 0. The SMILES string of the molecule is Cc1nc(C(C)(C)C)sc1C(C)NCCCCOC(C)C. The molecule has 0 saturated carbocycles. The van der Waals surface area contributed by atoms with Gasteiger partial charge < -0.3 is 10.1 Å². The minimum atomic E-state index is 0.140. The van der Waals surface area contributed by atoms with Crippen molar-refractivity contribution in [3.05, 3.63) is 15.6 Å². The number of nitrogens with one attached hydrogen (secondary N) is 1. The summed E-state index contributed by atoms with van der Waals surface area (Å²) in [6.45, 7) is 17.1. The van der Waals surface area contributed by atoms with Crippen molar-refractivity contribution in [2.75, 3.05) is 13.2 Å². The topological polar surface area (TPSA) is 34.2 Å². The van der Waals surface area contributed by atoms with Gasteiger partial charge >= 0.3 is 0 Å². The molecule has 0 aliphatic rings. The van der Waals surface area contributed by atoms with Gasteiger partial charge in [-0.15, -0.1) is 11.3 Å². The Kier molecular flexibility index (Phi) is 7.31. The van der Waals surface area contributed by atoms with Crippen LogP contribution < -0.4 is 5.32 Å². The number of aryl methyl sites for hydroxylation is 1. The first kappa shape index (κ1) is 18.6. The van der Waals surface area contributed by atoms with E-state index in [0.29, 0.717) is 12.1 Å². The van der Waals surface area contributed by atoms with Crippen LogP contribution in [0.15, 0.2) is 0 Å². The van der Waals surface area contributed by atoms with Gasteiger partial charge in [0, 0.05) is 22.9 Å². The largest absolute Gasteiger partial charge is 0.379 e. The molecule has 0 bridgehead atoms. The van der Waals surface area contributed by atoms with E-state index in [4.69, 9.17) is 9.72 Å². The van der Waals surface area contributed by atoms with E-state index in [1.807, 2.05) is 11.3 Å². The fourth-order valence-corrected chi connectivity index (χ4v) is 3.24. The lowest BCUT2D eigenvalue weighted by molar-refractivity contribution is 0.0759. The Labute approximate surface area is 134 Å². The van der Waals surface area contributed by atoms with Gasteiger partial charge in [0.05, 0.1) is 16.8 Å². The first-order valence-electron chi connectivity index (χ1n) is 8.04. The molecule has 0 saturated heterocycles. The summed E-state index contributed by atoms with van der Waals surface area (Å²) in [6.07, 6.45) is 2.61. The first-order chi connectivity index (χ1) is 9.71. The molecular weight excluding hydrogens is 280 g/mol. The Morgan fingerprint density at radius 3 is 2.38 bits per heavy atom. The average molecular weight is 313 g/mol. The Bertz CT molecular complexity index is 421. The van der Waals surface area contributed by atoms with Crippen LogP contribution in [0.4, 0.5) is 0 Å². The van der Waals surface area contributed by atoms with Gasteiger partial charge in [-0.25, -0.2) is 4.98 Å². The number of thiazole rings is 1. The Morgan fingerprint density at radius 2 is 1.86 bits per heavy atom. The molecule has 0 aromatic carbocycles. The zero-order valence-electron chi connectivity index (χ0n) is 14.7. The maximum atomic E-state index is 5.56. The van der Waals surface area contributed by atoms with Crippen molar-refractivity contribution < 1.29 is 4.74 Å². The summed E-state index contributed by atoms with van der Waals surface area (Å²) in [5.74, 6) is 0. The lowest BCUT2D eigenvalue weighted by Crippen LogP contribution is -2.20. The molecule has 0 aliphatic heterocycles. The molecule has 1 heterocycles. The van der Waals surface area contributed by atoms with Gasteiger partial charge in [-0.1, -0.05) is 20.8 Å². The van der Waals surface area contributed by atoms with Crippen LogP contribution in [0.3, 0.4) is 0 Å². The highest BCUT2D eigenvalue weighted by atomic mass is 32.1. The van der Waals surface area contributed by atoms with E-state index < -0.39 is 0 Å². The monoisotopic (exact) mass is 312 g/mol. The quantitative estimate of drug-likeness (QED) is 0.712. The van der Waals surface area contributed by atoms with Crippen LogP contribution >= 0.6 is 11.3 Å². The molecule has 1 aromatic rings. The van der Waals surface area contributed by atoms with Gasteiger partial charge in [0.2, 0.25) is 0 Å². The van der Waals surface area contributed by atoms with Crippen molar-refractivity contribution in [3.8, 4) is 0 Å². The van der Waals surface area contributed by atoms with Crippen LogP contribution in [0.2, 0.25) is 0 Å². The van der Waals surface area contributed by atoms with E-state index in [1.54, 1.807) is 0 Å². The lowest BCUT2D eigenvalue weighted by atomic mass is 9.98. The van der Waals surface area contributed by atoms with Crippen molar-refractivity contribution in [1.29, 1.82) is 0 Å². The average Bonchev–Trinajstić information content (AvgIpc) is 2.75. The summed E-state index contributed by atoms with van der Waals surface area (Å²) in [4.78, 5) is 6.11. The number of rotatable bonds is 8. The van der Waals surface area contributed by atoms with Crippen molar-refractivity contribution >= 4 is 11.3 Å². The predicted octanol–water partition coefficient (Wildman–Crippen LogP) is 4.60. The summed E-state index contributed by atoms with van der Waals surface area (Å²) in [6, 6.07) is 0.379. The minimum absolute atomic E-state index is 0.140. The van der Waals surface area contributed by atoms with Crippen LogP contribution in [0.5, 0.6) is 0 Å². The standard InChI is InChI=1S/C17H32N2OS/c1-12(2)20-11-9-8-10-18-13(3)15-14(4)19-16(21-15)17(5,6)7/h12-13,18H,8-11H2,1-7H3. The number of nitrogens with zero attached hydrogens (tertiary/aromatic N) is 1. The van der Waals surface area contributed by atoms with Gasteiger partial charge in [0.15, 0.2) is 0 Å². The molecule has 122 valence electrons. The molecule has 1 rings (SSSR count). The fourth-order valence-electron chi connectivity index (χ4n) is 2.09. The molecule has 1 aromatic heterocycles. The maximum absolute atomic E-state index is 5.56. The molecular formula is C17H32N2OS. The van der Waals surface area contributed by atoms with E-state index in [1.165, 1.54) is 15.6 Å².